The van der Waals surface area contributed by atoms with Crippen molar-refractivity contribution in [2.24, 2.45) is 7.05 Å². The Kier molecular flexibility index (Phi) is 5.95. The first kappa shape index (κ1) is 20.3. The maximum Gasteiger partial charge on any atom is 0.274 e. The number of methoxy groups -OCH3 is 1. The quantitative estimate of drug-likeness (QED) is 0.631. The number of ether oxygens (including phenoxy) is 1. The van der Waals surface area contributed by atoms with E-state index in [4.69, 9.17) is 4.74 Å². The molecule has 0 unspecified atom stereocenters. The number of para-hydroxylation sites is 3. The number of aromatic nitrogens is 2. The molecular formula is C24H30N4O2. The van der Waals surface area contributed by atoms with Crippen LogP contribution in [0.3, 0.4) is 0 Å². The van der Waals surface area contributed by atoms with E-state index in [2.05, 4.69) is 28.9 Å². The first-order valence-corrected chi connectivity index (χ1v) is 10.6. The number of rotatable bonds is 6. The van der Waals surface area contributed by atoms with Crippen LogP contribution in [0, 0.1) is 0 Å². The molecule has 0 spiro atoms. The van der Waals surface area contributed by atoms with Crippen LogP contribution in [0.5, 0.6) is 5.75 Å². The molecule has 6 heteroatoms. The van der Waals surface area contributed by atoms with Gasteiger partial charge < -0.3 is 9.64 Å². The zero-order chi connectivity index (χ0) is 21.1. The molecular weight excluding hydrogens is 376 g/mol. The Morgan fingerprint density at radius 3 is 2.27 bits per heavy atom. The fourth-order valence-corrected chi connectivity index (χ4v) is 4.37. The number of hydrogen-bond acceptors (Lipinski definition) is 4. The van der Waals surface area contributed by atoms with Crippen molar-refractivity contribution in [1.82, 2.24) is 14.3 Å². The molecule has 0 bridgehead atoms. The van der Waals surface area contributed by atoms with Crippen molar-refractivity contribution in [2.75, 3.05) is 38.2 Å². The van der Waals surface area contributed by atoms with Gasteiger partial charge in [0.15, 0.2) is 0 Å². The van der Waals surface area contributed by atoms with Gasteiger partial charge in [0.1, 0.15) is 5.75 Å². The Morgan fingerprint density at radius 1 is 0.933 bits per heavy atom. The molecule has 2 aromatic carbocycles. The highest BCUT2D eigenvalue weighted by Crippen LogP contribution is 2.28. The third-order valence-corrected chi connectivity index (χ3v) is 6.02. The summed E-state index contributed by atoms with van der Waals surface area (Å²) in [5, 5.41) is 0. The number of piperazine rings is 1. The average Bonchev–Trinajstić information content (AvgIpc) is 3.03. The highest BCUT2D eigenvalue weighted by atomic mass is 16.5. The zero-order valence-electron chi connectivity index (χ0n) is 18.0. The van der Waals surface area contributed by atoms with Crippen LogP contribution in [0.4, 0.5) is 5.69 Å². The van der Waals surface area contributed by atoms with Gasteiger partial charge in [0.25, 0.3) is 5.56 Å². The fourth-order valence-electron chi connectivity index (χ4n) is 4.37. The monoisotopic (exact) mass is 406 g/mol. The lowest BCUT2D eigenvalue weighted by Crippen LogP contribution is -2.46. The van der Waals surface area contributed by atoms with Gasteiger partial charge in [-0.2, -0.15) is 0 Å². The summed E-state index contributed by atoms with van der Waals surface area (Å²) in [7, 11) is 3.72. The van der Waals surface area contributed by atoms with Crippen LogP contribution in [0.25, 0.3) is 5.69 Å². The number of hydrogen-bond donors (Lipinski definition) is 0. The molecule has 1 fully saturated rings. The summed E-state index contributed by atoms with van der Waals surface area (Å²) in [5.74, 6) is 0.918. The molecule has 1 aliphatic heterocycles. The molecule has 0 atom stereocenters. The third kappa shape index (κ3) is 3.75. The van der Waals surface area contributed by atoms with Crippen LogP contribution >= 0.6 is 0 Å². The molecule has 0 aliphatic carbocycles. The standard InChI is InChI=1S/C24H30N4O2/c1-4-20-22(25(2)28(24(20)29)19-10-6-5-7-11-19)18-26-14-16-27(17-15-26)21-12-8-9-13-23(21)30-3/h5-13H,4,14-18H2,1-3H3. The molecule has 6 nitrogen and oxygen atoms in total. The van der Waals surface area contributed by atoms with E-state index in [1.165, 1.54) is 0 Å². The van der Waals surface area contributed by atoms with Gasteiger partial charge in [0.05, 0.1) is 24.2 Å². The van der Waals surface area contributed by atoms with Crippen LogP contribution in [-0.4, -0.2) is 47.6 Å². The van der Waals surface area contributed by atoms with Gasteiger partial charge in [-0.25, -0.2) is 4.68 Å². The molecule has 0 saturated carbocycles. The number of anilines is 1. The maximum atomic E-state index is 13.1. The Morgan fingerprint density at radius 2 is 1.60 bits per heavy atom. The van der Waals surface area contributed by atoms with Crippen molar-refractivity contribution in [3.8, 4) is 11.4 Å². The molecule has 0 N–H and O–H groups in total. The number of nitrogens with zero attached hydrogens (tertiary/aromatic N) is 4. The van der Waals surface area contributed by atoms with E-state index in [1.54, 1.807) is 11.8 Å². The van der Waals surface area contributed by atoms with Crippen molar-refractivity contribution >= 4 is 5.69 Å². The Labute approximate surface area is 177 Å². The van der Waals surface area contributed by atoms with Gasteiger partial charge in [-0.3, -0.25) is 14.4 Å². The largest absolute Gasteiger partial charge is 0.495 e. The van der Waals surface area contributed by atoms with Gasteiger partial charge in [-0.05, 0) is 30.7 Å². The lowest BCUT2D eigenvalue weighted by atomic mass is 10.1. The average molecular weight is 407 g/mol. The molecule has 0 radical (unpaired) electrons. The summed E-state index contributed by atoms with van der Waals surface area (Å²) in [6.07, 6.45) is 0.739. The van der Waals surface area contributed by atoms with E-state index in [-0.39, 0.29) is 5.56 Å². The van der Waals surface area contributed by atoms with E-state index in [9.17, 15) is 4.79 Å². The van der Waals surface area contributed by atoms with Crippen LogP contribution in [0.1, 0.15) is 18.2 Å². The summed E-state index contributed by atoms with van der Waals surface area (Å²) in [6.45, 7) is 6.63. The fraction of sp³-hybridized carbons (Fsp3) is 0.375. The Hall–Kier alpha value is -2.99. The van der Waals surface area contributed by atoms with Crippen molar-refractivity contribution in [1.29, 1.82) is 0 Å². The van der Waals surface area contributed by atoms with Gasteiger partial charge in [0.2, 0.25) is 0 Å². The molecule has 0 amide bonds. The highest BCUT2D eigenvalue weighted by Gasteiger charge is 2.23. The van der Waals surface area contributed by atoms with Crippen LogP contribution in [0.15, 0.2) is 59.4 Å². The molecule has 3 aromatic rings. The number of benzene rings is 2. The molecule has 2 heterocycles. The summed E-state index contributed by atoms with van der Waals surface area (Å²) >= 11 is 0. The molecule has 1 aromatic heterocycles. The van der Waals surface area contributed by atoms with Crippen molar-refractivity contribution in [2.45, 2.75) is 19.9 Å². The topological polar surface area (TPSA) is 42.6 Å². The second-order valence-electron chi connectivity index (χ2n) is 7.69. The lowest BCUT2D eigenvalue weighted by Gasteiger charge is -2.36. The second kappa shape index (κ2) is 8.79. The van der Waals surface area contributed by atoms with E-state index in [0.717, 1.165) is 67.5 Å². The summed E-state index contributed by atoms with van der Waals surface area (Å²) in [6, 6.07) is 18.1. The van der Waals surface area contributed by atoms with Gasteiger partial charge in [0, 0.05) is 45.3 Å². The van der Waals surface area contributed by atoms with Crippen LogP contribution in [-0.2, 0) is 20.0 Å². The molecule has 1 aliphatic rings. The smallest absolute Gasteiger partial charge is 0.274 e. The van der Waals surface area contributed by atoms with E-state index in [0.29, 0.717) is 0 Å². The van der Waals surface area contributed by atoms with Crippen molar-refractivity contribution < 1.29 is 4.74 Å². The minimum absolute atomic E-state index is 0.0915. The zero-order valence-corrected chi connectivity index (χ0v) is 18.0. The molecule has 158 valence electrons. The van der Waals surface area contributed by atoms with Crippen LogP contribution < -0.4 is 15.2 Å². The Balaban J connectivity index is 1.53. The van der Waals surface area contributed by atoms with E-state index in [1.807, 2.05) is 54.2 Å². The SMILES string of the molecule is CCc1c(CN2CCN(c3ccccc3OC)CC2)n(C)n(-c2ccccc2)c1=O. The normalized spacial score (nSPS) is 14.8. The second-order valence-corrected chi connectivity index (χ2v) is 7.69. The highest BCUT2D eigenvalue weighted by molar-refractivity contribution is 5.58. The summed E-state index contributed by atoms with van der Waals surface area (Å²) < 4.78 is 9.35. The van der Waals surface area contributed by atoms with Crippen molar-refractivity contribution in [3.63, 3.8) is 0 Å². The maximum absolute atomic E-state index is 13.1. The minimum Gasteiger partial charge on any atom is -0.495 e. The van der Waals surface area contributed by atoms with Gasteiger partial charge in [-0.15, -0.1) is 0 Å². The minimum atomic E-state index is 0.0915. The summed E-state index contributed by atoms with van der Waals surface area (Å²) in [4.78, 5) is 17.9. The lowest BCUT2D eigenvalue weighted by molar-refractivity contribution is 0.241. The third-order valence-electron chi connectivity index (χ3n) is 6.02. The first-order valence-electron chi connectivity index (χ1n) is 10.6. The van der Waals surface area contributed by atoms with Crippen LogP contribution in [0.2, 0.25) is 0 Å². The van der Waals surface area contributed by atoms with Gasteiger partial charge in [-0.1, -0.05) is 37.3 Å². The predicted molar refractivity (Wildman–Crippen MR) is 121 cm³/mol. The van der Waals surface area contributed by atoms with E-state index >= 15 is 0 Å². The summed E-state index contributed by atoms with van der Waals surface area (Å²) in [5.41, 5.74) is 4.17. The molecule has 30 heavy (non-hydrogen) atoms. The van der Waals surface area contributed by atoms with Crippen molar-refractivity contribution in [3.05, 3.63) is 76.2 Å². The predicted octanol–water partition coefficient (Wildman–Crippen LogP) is 3.07. The van der Waals surface area contributed by atoms with E-state index < -0.39 is 0 Å². The van der Waals surface area contributed by atoms with Gasteiger partial charge >= 0.3 is 0 Å². The molecule has 1 saturated heterocycles. The first-order chi connectivity index (χ1) is 14.6. The molecule has 4 rings (SSSR count). The Bertz CT molecular complexity index is 1050.